The van der Waals surface area contributed by atoms with Crippen LogP contribution in [0.25, 0.3) is 0 Å². The van der Waals surface area contributed by atoms with E-state index in [1.165, 1.54) is 11.0 Å². The van der Waals surface area contributed by atoms with Crippen molar-refractivity contribution >= 4 is 34.3 Å². The molecular weight excluding hydrogens is 378 g/mol. The van der Waals surface area contributed by atoms with Crippen molar-refractivity contribution in [1.29, 1.82) is 0 Å². The van der Waals surface area contributed by atoms with Gasteiger partial charge < -0.3 is 20.6 Å². The minimum Gasteiger partial charge on any atom is -0.505 e. The Morgan fingerprint density at radius 1 is 1.14 bits per heavy atom. The number of thiophene rings is 1. The van der Waals surface area contributed by atoms with Crippen molar-refractivity contribution in [2.24, 2.45) is 0 Å². The van der Waals surface area contributed by atoms with Crippen LogP contribution in [0.3, 0.4) is 0 Å². The van der Waals surface area contributed by atoms with Crippen LogP contribution < -0.4 is 21.5 Å². The highest BCUT2D eigenvalue weighted by Gasteiger charge is 2.25. The van der Waals surface area contributed by atoms with E-state index in [-0.39, 0.29) is 40.3 Å². The van der Waals surface area contributed by atoms with Crippen LogP contribution in [0.1, 0.15) is 34.6 Å². The molecule has 3 N–H and O–H groups in total. The number of phenols is 1. The van der Waals surface area contributed by atoms with Crippen LogP contribution in [0, 0.1) is 0 Å². The van der Waals surface area contributed by atoms with Gasteiger partial charge in [-0.1, -0.05) is 19.1 Å². The van der Waals surface area contributed by atoms with Gasteiger partial charge in [-0.25, -0.2) is 0 Å². The number of nitrogens with one attached hydrogen (secondary N) is 2. The zero-order valence-corrected chi connectivity index (χ0v) is 16.6. The fourth-order valence-corrected chi connectivity index (χ4v) is 3.74. The van der Waals surface area contributed by atoms with Gasteiger partial charge in [0.15, 0.2) is 5.75 Å². The van der Waals surface area contributed by atoms with Gasteiger partial charge in [0, 0.05) is 19.0 Å². The average molecular weight is 399 g/mol. The van der Waals surface area contributed by atoms with Crippen LogP contribution in [-0.2, 0) is 0 Å². The first-order chi connectivity index (χ1) is 13.3. The molecule has 1 heterocycles. The summed E-state index contributed by atoms with van der Waals surface area (Å²) in [5.41, 5.74) is -0.691. The number of anilines is 3. The summed E-state index contributed by atoms with van der Waals surface area (Å²) >= 11 is 1.57. The highest BCUT2D eigenvalue weighted by atomic mass is 32.1. The number of aromatic hydroxyl groups is 1. The van der Waals surface area contributed by atoms with E-state index >= 15 is 0 Å². The minimum atomic E-state index is -0.660. The molecule has 1 atom stereocenters. The van der Waals surface area contributed by atoms with Gasteiger partial charge in [-0.3, -0.25) is 14.4 Å². The Morgan fingerprint density at radius 3 is 2.46 bits per heavy atom. The van der Waals surface area contributed by atoms with E-state index in [2.05, 4.69) is 10.6 Å². The van der Waals surface area contributed by atoms with Crippen molar-refractivity contribution in [1.82, 2.24) is 4.90 Å². The third kappa shape index (κ3) is 3.50. The van der Waals surface area contributed by atoms with E-state index in [4.69, 9.17) is 0 Å². The maximum Gasteiger partial charge on any atom is 0.257 e. The van der Waals surface area contributed by atoms with Gasteiger partial charge in [0.2, 0.25) is 0 Å². The smallest absolute Gasteiger partial charge is 0.257 e. The van der Waals surface area contributed by atoms with Crippen LogP contribution >= 0.6 is 11.3 Å². The van der Waals surface area contributed by atoms with Gasteiger partial charge in [0.05, 0.1) is 17.3 Å². The van der Waals surface area contributed by atoms with Crippen molar-refractivity contribution in [2.45, 2.75) is 19.4 Å². The lowest BCUT2D eigenvalue weighted by Crippen LogP contribution is -2.37. The number of hydrogen-bond donors (Lipinski definition) is 3. The molecule has 3 rings (SSSR count). The van der Waals surface area contributed by atoms with E-state index in [0.29, 0.717) is 0 Å². The van der Waals surface area contributed by atoms with Gasteiger partial charge in [0.1, 0.15) is 11.4 Å². The molecule has 0 saturated heterocycles. The van der Waals surface area contributed by atoms with Crippen LogP contribution in [0.2, 0.25) is 0 Å². The maximum absolute atomic E-state index is 12.2. The molecule has 0 radical (unpaired) electrons. The number of carbonyl (C=O) groups is 1. The van der Waals surface area contributed by atoms with Crippen molar-refractivity contribution in [3.8, 4) is 5.75 Å². The average Bonchev–Trinajstić information content (AvgIpc) is 3.22. The molecule has 0 saturated carbocycles. The van der Waals surface area contributed by atoms with Crippen molar-refractivity contribution < 1.29 is 9.90 Å². The number of nitrogens with zero attached hydrogens (tertiary/aromatic N) is 1. The van der Waals surface area contributed by atoms with Gasteiger partial charge in [0.25, 0.3) is 16.8 Å². The van der Waals surface area contributed by atoms with Crippen molar-refractivity contribution in [3.63, 3.8) is 0 Å². The number of carbonyl (C=O) groups excluding carboxylic acids is 1. The third-order valence-electron chi connectivity index (χ3n) is 4.46. The fraction of sp³-hybridized carbons (Fsp3) is 0.250. The second-order valence-electron chi connectivity index (χ2n) is 6.56. The molecule has 146 valence electrons. The summed E-state index contributed by atoms with van der Waals surface area (Å²) in [6, 6.07) is 8.42. The van der Waals surface area contributed by atoms with E-state index in [9.17, 15) is 19.5 Å². The highest BCUT2D eigenvalue weighted by molar-refractivity contribution is 7.10. The number of para-hydroxylation sites is 1. The Hall–Kier alpha value is -3.13. The quantitative estimate of drug-likeness (QED) is 0.417. The summed E-state index contributed by atoms with van der Waals surface area (Å²) in [7, 11) is 3.16. The summed E-state index contributed by atoms with van der Waals surface area (Å²) in [4.78, 5) is 38.8. The lowest BCUT2D eigenvalue weighted by molar-refractivity contribution is 0.0824. The topological polar surface area (TPSA) is 98.7 Å². The zero-order valence-electron chi connectivity index (χ0n) is 15.8. The minimum absolute atomic E-state index is 0.0877. The molecule has 3 aromatic rings. The summed E-state index contributed by atoms with van der Waals surface area (Å²) in [6.45, 7) is 1.98. The molecule has 8 heteroatoms. The van der Waals surface area contributed by atoms with Crippen molar-refractivity contribution in [3.05, 3.63) is 66.6 Å². The van der Waals surface area contributed by atoms with Crippen LogP contribution in [0.5, 0.6) is 5.75 Å². The zero-order chi connectivity index (χ0) is 20.4. The number of hydrogen-bond acceptors (Lipinski definition) is 7. The van der Waals surface area contributed by atoms with Gasteiger partial charge in [-0.2, -0.15) is 0 Å². The molecule has 0 unspecified atom stereocenters. The summed E-state index contributed by atoms with van der Waals surface area (Å²) in [5.74, 6) is -0.640. The lowest BCUT2D eigenvalue weighted by Gasteiger charge is -2.21. The molecule has 0 aliphatic carbocycles. The number of benzene rings is 1. The van der Waals surface area contributed by atoms with Gasteiger partial charge >= 0.3 is 0 Å². The van der Waals surface area contributed by atoms with E-state index in [1.807, 2.05) is 24.4 Å². The molecular formula is C20H21N3O4S. The predicted octanol–water partition coefficient (Wildman–Crippen LogP) is 3.06. The molecule has 1 amide bonds. The van der Waals surface area contributed by atoms with E-state index in [0.717, 1.165) is 11.3 Å². The van der Waals surface area contributed by atoms with Crippen molar-refractivity contribution in [2.75, 3.05) is 24.7 Å². The van der Waals surface area contributed by atoms with Crippen LogP contribution in [0.15, 0.2) is 45.3 Å². The number of phenolic OH excluding ortho intramolecular Hbond substituents is 1. The second kappa shape index (κ2) is 7.85. The first kappa shape index (κ1) is 19.6. The second-order valence-corrected chi connectivity index (χ2v) is 7.53. The Kier molecular flexibility index (Phi) is 5.51. The molecule has 0 aliphatic heterocycles. The van der Waals surface area contributed by atoms with Gasteiger partial charge in [-0.05, 0) is 30.0 Å². The highest BCUT2D eigenvalue weighted by Crippen LogP contribution is 2.33. The lowest BCUT2D eigenvalue weighted by atomic mass is 10.1. The molecule has 28 heavy (non-hydrogen) atoms. The van der Waals surface area contributed by atoms with E-state index < -0.39 is 10.9 Å². The molecule has 0 bridgehead atoms. The van der Waals surface area contributed by atoms with Gasteiger partial charge in [-0.15, -0.1) is 11.3 Å². The Morgan fingerprint density at radius 2 is 1.86 bits per heavy atom. The first-order valence-corrected chi connectivity index (χ1v) is 9.67. The fourth-order valence-electron chi connectivity index (χ4n) is 2.88. The largest absolute Gasteiger partial charge is 0.505 e. The Labute approximate surface area is 165 Å². The van der Waals surface area contributed by atoms with E-state index in [1.54, 1.807) is 37.6 Å². The summed E-state index contributed by atoms with van der Waals surface area (Å²) in [6.07, 6.45) is 0.733. The Balaban J connectivity index is 1.90. The molecule has 7 nitrogen and oxygen atoms in total. The summed E-state index contributed by atoms with van der Waals surface area (Å²) in [5, 5.41) is 18.3. The Bertz CT molecular complexity index is 1070. The maximum atomic E-state index is 12.2. The first-order valence-electron chi connectivity index (χ1n) is 8.79. The standard InChI is InChI=1S/C20H21N3O4S/c1-4-12(14-9-6-10-28-14)21-15-16(19(26)18(15)25)22-13-8-5-7-11(17(13)24)20(27)23(2)3/h5-10,12,21-22,24H,4H2,1-3H3/t12-/m0/s1. The SMILES string of the molecule is CC[C@H](Nc1c(Nc2cccc(C(=O)N(C)C)c2O)c(=O)c1=O)c1cccs1. The third-order valence-corrected chi connectivity index (χ3v) is 5.44. The number of amides is 1. The molecule has 1 aromatic heterocycles. The van der Waals surface area contributed by atoms with Crippen LogP contribution in [-0.4, -0.2) is 30.0 Å². The predicted molar refractivity (Wildman–Crippen MR) is 112 cm³/mol. The molecule has 2 aromatic carbocycles. The summed E-state index contributed by atoms with van der Waals surface area (Å²) < 4.78 is 0. The molecule has 0 spiro atoms. The normalized spacial score (nSPS) is 12.0. The molecule has 0 fully saturated rings. The molecule has 0 aliphatic rings. The monoisotopic (exact) mass is 399 g/mol. The van der Waals surface area contributed by atoms with Crippen LogP contribution in [0.4, 0.5) is 17.1 Å². The number of rotatable bonds is 7.